The Morgan fingerprint density at radius 2 is 0.628 bits per heavy atom. The number of benzene rings is 4. The van der Waals surface area contributed by atoms with E-state index in [1.165, 1.54) is 18.2 Å². The summed E-state index contributed by atoms with van der Waals surface area (Å²) in [5.41, 5.74) is -8.35. The first-order chi connectivity index (χ1) is 20.0. The van der Waals surface area contributed by atoms with E-state index in [0.717, 1.165) is 19.1 Å². The molecule has 4 rings (SSSR count). The molecule has 0 spiro atoms. The van der Waals surface area contributed by atoms with Crippen LogP contribution in [0.3, 0.4) is 0 Å². The molecule has 0 saturated heterocycles. The zero-order valence-corrected chi connectivity index (χ0v) is 20.7. The molecule has 0 bridgehead atoms. The van der Waals surface area contributed by atoms with Crippen molar-refractivity contribution in [2.75, 3.05) is 0 Å². The first-order valence-corrected chi connectivity index (χ1v) is 11.6. The average Bonchev–Trinajstić information content (AvgIpc) is 2.99. The highest BCUT2D eigenvalue weighted by Gasteiger charge is 2.48. The largest absolute Gasteiger partial charge is 0.470 e. The van der Waals surface area contributed by atoms with Gasteiger partial charge in [-0.15, -0.1) is 16.4 Å². The Hall–Kier alpha value is -4.15. The van der Waals surface area contributed by atoms with Gasteiger partial charge in [0.15, 0.2) is 58.6 Å². The van der Waals surface area contributed by atoms with E-state index < -0.39 is 116 Å². The average molecular weight is 632 g/mol. The van der Waals surface area contributed by atoms with Crippen LogP contribution in [0.15, 0.2) is 30.3 Å². The lowest BCUT2D eigenvalue weighted by Crippen LogP contribution is -2.81. The summed E-state index contributed by atoms with van der Waals surface area (Å²) >= 11 is 0. The van der Waals surface area contributed by atoms with Crippen molar-refractivity contribution in [2.24, 2.45) is 0 Å². The second-order valence-electron chi connectivity index (χ2n) is 9.12. The summed E-state index contributed by atoms with van der Waals surface area (Å²) in [4.78, 5) is 0. The van der Waals surface area contributed by atoms with Crippen LogP contribution in [-0.2, 0) is 0 Å². The molecular weight excluding hydrogens is 622 g/mol. The van der Waals surface area contributed by atoms with Gasteiger partial charge in [-0.05, 0) is 18.5 Å². The zero-order chi connectivity index (χ0) is 32.3. The fourth-order valence-corrected chi connectivity index (χ4v) is 4.90. The number of rotatable bonds is 6. The summed E-state index contributed by atoms with van der Waals surface area (Å²) in [6.45, 7) is 0.843. The van der Waals surface area contributed by atoms with E-state index in [4.69, 9.17) is 0 Å². The maximum atomic E-state index is 15.5. The second-order valence-corrected chi connectivity index (χ2v) is 9.12. The Morgan fingerprint density at radius 1 is 0.395 bits per heavy atom. The van der Waals surface area contributed by atoms with Gasteiger partial charge in [0.25, 0.3) is 0 Å². The fraction of sp³-hybridized carbons (Fsp3) is 0.0769. The first-order valence-electron chi connectivity index (χ1n) is 11.6. The van der Waals surface area contributed by atoms with Crippen molar-refractivity contribution in [1.29, 1.82) is 0 Å². The molecule has 4 aromatic rings. The first kappa shape index (κ1) is 31.8. The molecule has 0 aliphatic heterocycles. The molecule has 43 heavy (non-hydrogen) atoms. The van der Waals surface area contributed by atoms with Crippen LogP contribution in [0, 0.1) is 87.3 Å². The number of hydrogen-bond donors (Lipinski definition) is 1. The van der Waals surface area contributed by atoms with Crippen molar-refractivity contribution in [2.45, 2.75) is 13.0 Å². The molecule has 0 heterocycles. The van der Waals surface area contributed by atoms with Gasteiger partial charge in [-0.1, -0.05) is 30.3 Å². The van der Waals surface area contributed by atoms with Gasteiger partial charge in [0.2, 0.25) is 0 Å². The third kappa shape index (κ3) is 4.60. The van der Waals surface area contributed by atoms with Gasteiger partial charge in [0, 0.05) is 0 Å². The van der Waals surface area contributed by atoms with Gasteiger partial charge >= 0.3 is 0 Å². The molecule has 0 radical (unpaired) electrons. The van der Waals surface area contributed by atoms with E-state index in [2.05, 4.69) is 0 Å². The Bertz CT molecular complexity index is 1520. The lowest BCUT2D eigenvalue weighted by molar-refractivity contribution is 0.378. The van der Waals surface area contributed by atoms with Crippen molar-refractivity contribution in [3.05, 3.63) is 123 Å². The Morgan fingerprint density at radius 3 is 0.884 bits per heavy atom. The summed E-state index contributed by atoms with van der Waals surface area (Å²) in [7, 11) is 0. The zero-order valence-electron chi connectivity index (χ0n) is 20.7. The lowest BCUT2D eigenvalue weighted by Gasteiger charge is -2.47. The van der Waals surface area contributed by atoms with Gasteiger partial charge in [-0.25, -0.2) is 65.9 Å². The van der Waals surface area contributed by atoms with Gasteiger partial charge in [0.1, 0.15) is 34.9 Å². The number of hydrogen-bond acceptors (Lipinski definition) is 1. The molecule has 4 aromatic carbocycles. The summed E-state index contributed by atoms with van der Waals surface area (Å²) < 4.78 is 222. The SMILES string of the molecule is C[C@@H](N[B-](c1c(F)c(F)c(F)c(F)c1F)(c1c(F)c(F)c(F)c(F)c1F)c1c(F)c(F)c(F)c(F)c1F)c1ccccc1. The summed E-state index contributed by atoms with van der Waals surface area (Å²) in [5.74, 6) is -45.7. The molecule has 1 atom stereocenters. The van der Waals surface area contributed by atoms with Gasteiger partial charge < -0.3 is 5.23 Å². The predicted octanol–water partition coefficient (Wildman–Crippen LogP) is 6.09. The standard InChI is InChI=1S/C26H10BF15N/c1-7(8-5-3-2-4-6-8)43-27(9-12(28)18(34)24(40)19(35)13(9)29,10-14(30)20(36)25(41)21(37)15(10)31)11-16(32)22(38)26(42)23(39)17(11)33/h2-7,43H,1H3/q-1/t7-/m1/s1. The highest BCUT2D eigenvalue weighted by molar-refractivity contribution is 7.10. The lowest BCUT2D eigenvalue weighted by atomic mass is 9.23. The van der Waals surface area contributed by atoms with Crippen molar-refractivity contribution in [3.63, 3.8) is 0 Å². The molecule has 0 fully saturated rings. The van der Waals surface area contributed by atoms with Crippen LogP contribution in [0.25, 0.3) is 0 Å². The maximum absolute atomic E-state index is 15.5. The van der Waals surface area contributed by atoms with Crippen LogP contribution in [0.5, 0.6) is 0 Å². The molecule has 0 amide bonds. The third-order valence-corrected chi connectivity index (χ3v) is 6.83. The highest BCUT2D eigenvalue weighted by atomic mass is 19.2. The fourth-order valence-electron chi connectivity index (χ4n) is 4.90. The summed E-state index contributed by atoms with van der Waals surface area (Å²) in [6, 6.07) is 4.07. The Balaban J connectivity index is 2.43. The van der Waals surface area contributed by atoms with Crippen LogP contribution in [0.1, 0.15) is 18.5 Å². The van der Waals surface area contributed by atoms with Crippen molar-refractivity contribution in [1.82, 2.24) is 5.23 Å². The van der Waals surface area contributed by atoms with E-state index in [1.54, 1.807) is 5.23 Å². The van der Waals surface area contributed by atoms with Gasteiger partial charge in [0.05, 0.1) is 0 Å². The molecule has 228 valence electrons. The van der Waals surface area contributed by atoms with Crippen LogP contribution in [-0.4, -0.2) is 6.28 Å². The Kier molecular flexibility index (Phi) is 8.25. The molecule has 1 nitrogen and oxygen atoms in total. The van der Waals surface area contributed by atoms with E-state index in [-0.39, 0.29) is 5.56 Å². The third-order valence-electron chi connectivity index (χ3n) is 6.83. The van der Waals surface area contributed by atoms with Crippen LogP contribution < -0.4 is 21.6 Å². The van der Waals surface area contributed by atoms with Crippen molar-refractivity contribution >= 4 is 22.7 Å². The summed E-state index contributed by atoms with van der Waals surface area (Å²) in [5, 5.41) is 1.72. The van der Waals surface area contributed by atoms with Crippen LogP contribution in [0.2, 0.25) is 0 Å². The molecule has 1 N–H and O–H groups in total. The minimum absolute atomic E-state index is 0.203. The van der Waals surface area contributed by atoms with Gasteiger partial charge in [-0.2, -0.15) is 0 Å². The maximum Gasteiger partial charge on any atom is 0.200 e. The van der Waals surface area contributed by atoms with Crippen molar-refractivity contribution < 1.29 is 65.9 Å². The van der Waals surface area contributed by atoms with E-state index in [1.807, 2.05) is 0 Å². The smallest absolute Gasteiger partial charge is 0.200 e. The van der Waals surface area contributed by atoms with E-state index in [9.17, 15) is 39.5 Å². The normalized spacial score (nSPS) is 12.7. The number of nitrogens with one attached hydrogen (secondary N) is 1. The van der Waals surface area contributed by atoms with Crippen molar-refractivity contribution in [3.8, 4) is 0 Å². The molecule has 0 saturated carbocycles. The quantitative estimate of drug-likeness (QED) is 0.118. The molecule has 0 aliphatic rings. The topological polar surface area (TPSA) is 12.0 Å². The van der Waals surface area contributed by atoms with E-state index >= 15 is 26.3 Å². The van der Waals surface area contributed by atoms with Gasteiger partial charge in [-0.3, -0.25) is 0 Å². The van der Waals surface area contributed by atoms with Crippen LogP contribution >= 0.6 is 0 Å². The predicted molar refractivity (Wildman–Crippen MR) is 121 cm³/mol. The minimum atomic E-state index is -5.83. The second kappa shape index (κ2) is 11.2. The monoisotopic (exact) mass is 632 g/mol. The molecule has 17 heteroatoms. The molecule has 0 aromatic heterocycles. The van der Waals surface area contributed by atoms with E-state index in [0.29, 0.717) is 0 Å². The van der Waals surface area contributed by atoms with Crippen LogP contribution in [0.4, 0.5) is 65.9 Å². The molecule has 0 aliphatic carbocycles. The minimum Gasteiger partial charge on any atom is -0.470 e. The molecular formula is C26H10BF15N-. The Labute approximate surface area is 230 Å². The highest BCUT2D eigenvalue weighted by Crippen LogP contribution is 2.28. The summed E-state index contributed by atoms with van der Waals surface area (Å²) in [6.07, 6.45) is -5.83. The molecule has 0 unspecified atom stereocenters. The number of halogens is 15.